The standard InChI is InChI=1S/C25H41O2/c1-17(10-13-23(26)27)20-8-6-9-21-19-12-11-18-7-4-5-15-24(18,2)22(19)14-16-25(20,21)3/h4,17-22H,5-16H2,1-3H3,(H,26,27). The van der Waals surface area contributed by atoms with E-state index in [-0.39, 0.29) is 0 Å². The molecule has 0 amide bonds. The van der Waals surface area contributed by atoms with Gasteiger partial charge in [0.1, 0.15) is 0 Å². The van der Waals surface area contributed by atoms with Gasteiger partial charge in [-0.25, -0.2) is 0 Å². The van der Waals surface area contributed by atoms with Crippen LogP contribution in [0, 0.1) is 52.8 Å². The van der Waals surface area contributed by atoms with E-state index >= 15 is 0 Å². The highest BCUT2D eigenvalue weighted by atomic mass is 16.4. The van der Waals surface area contributed by atoms with E-state index in [1.807, 2.05) is 0 Å². The summed E-state index contributed by atoms with van der Waals surface area (Å²) in [4.78, 5) is 11.1. The molecule has 0 spiro atoms. The molecule has 4 fully saturated rings. The lowest BCUT2D eigenvalue weighted by molar-refractivity contribution is -0.147. The summed E-state index contributed by atoms with van der Waals surface area (Å²) in [5.41, 5.74) is 1.06. The second-order valence-electron chi connectivity index (χ2n) is 11.2. The minimum Gasteiger partial charge on any atom is -0.481 e. The van der Waals surface area contributed by atoms with Gasteiger partial charge < -0.3 is 5.11 Å². The number of carboxylic acid groups (broad SMARTS) is 1. The van der Waals surface area contributed by atoms with Crippen LogP contribution in [-0.2, 0) is 4.79 Å². The van der Waals surface area contributed by atoms with E-state index in [1.165, 1.54) is 64.2 Å². The summed E-state index contributed by atoms with van der Waals surface area (Å²) >= 11 is 0. The van der Waals surface area contributed by atoms with Crippen LogP contribution in [0.3, 0.4) is 0 Å². The highest BCUT2D eigenvalue weighted by molar-refractivity contribution is 5.66. The largest absolute Gasteiger partial charge is 0.481 e. The molecule has 0 heterocycles. The Kier molecular flexibility index (Phi) is 5.40. The summed E-state index contributed by atoms with van der Waals surface area (Å²) < 4.78 is 0. The normalized spacial score (nSPS) is 48.0. The number of fused-ring (bicyclic) bond motifs is 5. The first-order valence-corrected chi connectivity index (χ1v) is 11.9. The van der Waals surface area contributed by atoms with Crippen molar-refractivity contribution < 1.29 is 9.90 Å². The zero-order chi connectivity index (χ0) is 19.2. The zero-order valence-electron chi connectivity index (χ0n) is 17.9. The minimum absolute atomic E-state index is 0.348. The van der Waals surface area contributed by atoms with E-state index in [2.05, 4.69) is 27.2 Å². The number of rotatable bonds is 4. The number of carbonyl (C=O) groups is 1. The van der Waals surface area contributed by atoms with Crippen LogP contribution in [-0.4, -0.2) is 11.1 Å². The number of carboxylic acids is 1. The summed E-state index contributed by atoms with van der Waals surface area (Å²) in [5, 5.41) is 9.15. The van der Waals surface area contributed by atoms with Gasteiger partial charge >= 0.3 is 5.97 Å². The fraction of sp³-hybridized carbons (Fsp3) is 0.920. The van der Waals surface area contributed by atoms with Crippen molar-refractivity contribution in [2.75, 3.05) is 0 Å². The van der Waals surface area contributed by atoms with Crippen molar-refractivity contribution in [3.05, 3.63) is 6.42 Å². The van der Waals surface area contributed by atoms with Crippen LogP contribution in [0.1, 0.15) is 97.8 Å². The second kappa shape index (κ2) is 7.38. The van der Waals surface area contributed by atoms with Crippen LogP contribution in [0.15, 0.2) is 0 Å². The van der Waals surface area contributed by atoms with Gasteiger partial charge in [-0.3, -0.25) is 4.79 Å². The van der Waals surface area contributed by atoms with Crippen LogP contribution >= 0.6 is 0 Å². The first-order valence-electron chi connectivity index (χ1n) is 11.9. The lowest BCUT2D eigenvalue weighted by Crippen LogP contribution is -2.56. The fourth-order valence-electron chi connectivity index (χ4n) is 8.77. The van der Waals surface area contributed by atoms with E-state index in [0.717, 1.165) is 36.0 Å². The summed E-state index contributed by atoms with van der Waals surface area (Å²) in [6, 6.07) is 0. The van der Waals surface area contributed by atoms with Crippen molar-refractivity contribution in [2.45, 2.75) is 97.8 Å². The first kappa shape index (κ1) is 19.8. The maximum absolute atomic E-state index is 11.1. The van der Waals surface area contributed by atoms with Crippen molar-refractivity contribution in [1.29, 1.82) is 0 Å². The minimum atomic E-state index is -0.622. The Labute approximate surface area is 166 Å². The van der Waals surface area contributed by atoms with Crippen molar-refractivity contribution in [3.8, 4) is 0 Å². The van der Waals surface area contributed by atoms with Crippen LogP contribution in [0.25, 0.3) is 0 Å². The van der Waals surface area contributed by atoms with E-state index < -0.39 is 5.97 Å². The summed E-state index contributed by atoms with van der Waals surface area (Å²) in [6.07, 6.45) is 17.8. The van der Waals surface area contributed by atoms with E-state index in [0.29, 0.717) is 23.2 Å². The van der Waals surface area contributed by atoms with Gasteiger partial charge in [0.15, 0.2) is 0 Å². The summed E-state index contributed by atoms with van der Waals surface area (Å²) in [5.74, 6) is 4.41. The van der Waals surface area contributed by atoms with Gasteiger partial charge in [-0.05, 0) is 117 Å². The third kappa shape index (κ3) is 3.27. The molecule has 8 unspecified atom stereocenters. The van der Waals surface area contributed by atoms with Gasteiger partial charge in [-0.2, -0.15) is 0 Å². The topological polar surface area (TPSA) is 37.3 Å². The van der Waals surface area contributed by atoms with Gasteiger partial charge in [0.25, 0.3) is 0 Å². The number of aliphatic carboxylic acids is 1. The average molecular weight is 374 g/mol. The smallest absolute Gasteiger partial charge is 0.303 e. The molecule has 0 aromatic heterocycles. The lowest BCUT2D eigenvalue weighted by Gasteiger charge is -2.64. The Morgan fingerprint density at radius 2 is 1.85 bits per heavy atom. The molecule has 153 valence electrons. The van der Waals surface area contributed by atoms with Gasteiger partial charge in [-0.15, -0.1) is 0 Å². The van der Waals surface area contributed by atoms with Gasteiger partial charge in [0, 0.05) is 6.42 Å². The Morgan fingerprint density at radius 3 is 2.63 bits per heavy atom. The van der Waals surface area contributed by atoms with Gasteiger partial charge in [0.2, 0.25) is 0 Å². The highest BCUT2D eigenvalue weighted by Crippen LogP contribution is 2.67. The molecule has 1 N–H and O–H groups in total. The maximum atomic E-state index is 11.1. The SMILES string of the molecule is CC(CCC(=O)O)C1CCCC2C3CCC4C[CH]CCC4(C)C3CCC12C. The monoisotopic (exact) mass is 373 g/mol. The highest BCUT2D eigenvalue weighted by Gasteiger charge is 2.58. The molecule has 0 aliphatic heterocycles. The Bertz CT molecular complexity index is 557. The molecule has 8 atom stereocenters. The number of hydrogen-bond acceptors (Lipinski definition) is 1. The van der Waals surface area contributed by atoms with Crippen LogP contribution < -0.4 is 0 Å². The fourth-order valence-corrected chi connectivity index (χ4v) is 8.77. The Balaban J connectivity index is 1.54. The summed E-state index contributed by atoms with van der Waals surface area (Å²) in [6.45, 7) is 7.61. The molecule has 4 aliphatic carbocycles. The molecular formula is C25H41O2. The van der Waals surface area contributed by atoms with Gasteiger partial charge in [0.05, 0.1) is 0 Å². The molecule has 0 aromatic rings. The van der Waals surface area contributed by atoms with E-state index in [4.69, 9.17) is 5.11 Å². The molecule has 4 rings (SSSR count). The van der Waals surface area contributed by atoms with Crippen molar-refractivity contribution in [3.63, 3.8) is 0 Å². The third-order valence-electron chi connectivity index (χ3n) is 10.2. The molecule has 0 aromatic carbocycles. The molecule has 0 bridgehead atoms. The molecule has 1 radical (unpaired) electrons. The van der Waals surface area contributed by atoms with Gasteiger partial charge in [-0.1, -0.05) is 27.2 Å². The summed E-state index contributed by atoms with van der Waals surface area (Å²) in [7, 11) is 0. The molecule has 4 aliphatic rings. The van der Waals surface area contributed by atoms with Crippen LogP contribution in [0.5, 0.6) is 0 Å². The van der Waals surface area contributed by atoms with E-state index in [9.17, 15) is 4.79 Å². The predicted molar refractivity (Wildman–Crippen MR) is 110 cm³/mol. The number of hydrogen-bond donors (Lipinski definition) is 1. The molecule has 4 saturated carbocycles. The zero-order valence-corrected chi connectivity index (χ0v) is 17.9. The third-order valence-corrected chi connectivity index (χ3v) is 10.2. The Hall–Kier alpha value is -0.530. The Morgan fingerprint density at radius 1 is 1.07 bits per heavy atom. The quantitative estimate of drug-likeness (QED) is 0.592. The maximum Gasteiger partial charge on any atom is 0.303 e. The lowest BCUT2D eigenvalue weighted by atomic mass is 9.41. The second-order valence-corrected chi connectivity index (χ2v) is 11.2. The molecule has 0 saturated heterocycles. The van der Waals surface area contributed by atoms with E-state index in [1.54, 1.807) is 0 Å². The van der Waals surface area contributed by atoms with Crippen LogP contribution in [0.2, 0.25) is 0 Å². The average Bonchev–Trinajstić information content (AvgIpc) is 2.64. The molecule has 2 nitrogen and oxygen atoms in total. The molecular weight excluding hydrogens is 332 g/mol. The van der Waals surface area contributed by atoms with Crippen molar-refractivity contribution in [2.24, 2.45) is 46.3 Å². The van der Waals surface area contributed by atoms with Crippen molar-refractivity contribution >= 4 is 5.97 Å². The first-order chi connectivity index (χ1) is 12.9. The van der Waals surface area contributed by atoms with Crippen LogP contribution in [0.4, 0.5) is 0 Å². The molecule has 2 heteroatoms. The van der Waals surface area contributed by atoms with Crippen molar-refractivity contribution in [1.82, 2.24) is 0 Å². The molecule has 27 heavy (non-hydrogen) atoms. The predicted octanol–water partition coefficient (Wildman–Crippen LogP) is 6.74.